The number of aromatic amines is 1. The lowest BCUT2D eigenvalue weighted by Gasteiger charge is -2.15. The van der Waals surface area contributed by atoms with Gasteiger partial charge in [0.25, 0.3) is 11.8 Å². The Morgan fingerprint density at radius 3 is 2.22 bits per heavy atom. The van der Waals surface area contributed by atoms with E-state index in [9.17, 15) is 29.4 Å². The van der Waals surface area contributed by atoms with Crippen molar-refractivity contribution in [1.29, 1.82) is 0 Å². The van der Waals surface area contributed by atoms with Gasteiger partial charge in [0.1, 0.15) is 17.5 Å². The third-order valence-electron chi connectivity index (χ3n) is 7.71. The molecule has 0 saturated heterocycles. The average Bonchev–Trinajstić information content (AvgIpc) is 3.44. The maximum absolute atomic E-state index is 12.8. The number of carboxylic acid groups (broad SMARTS) is 2. The molecule has 0 aliphatic carbocycles. The lowest BCUT2D eigenvalue weighted by molar-refractivity contribution is -0.139. The lowest BCUT2D eigenvalue weighted by atomic mass is 10.00. The van der Waals surface area contributed by atoms with Crippen molar-refractivity contribution in [3.63, 3.8) is 0 Å². The van der Waals surface area contributed by atoms with Crippen molar-refractivity contribution in [1.82, 2.24) is 25.6 Å². The predicted molar refractivity (Wildman–Crippen MR) is 173 cm³/mol. The van der Waals surface area contributed by atoms with E-state index in [1.807, 2.05) is 18.3 Å². The number of aromatic nitrogens is 3. The van der Waals surface area contributed by atoms with Crippen LogP contribution in [0.1, 0.15) is 61.5 Å². The van der Waals surface area contributed by atoms with Crippen molar-refractivity contribution in [2.75, 3.05) is 18.0 Å². The van der Waals surface area contributed by atoms with Crippen molar-refractivity contribution >= 4 is 57.3 Å². The molecule has 0 unspecified atom stereocenters. The largest absolute Gasteiger partial charge is 0.480 e. The maximum atomic E-state index is 12.8. The third kappa shape index (κ3) is 7.21. The van der Waals surface area contributed by atoms with Crippen molar-refractivity contribution < 1.29 is 29.4 Å². The zero-order valence-corrected chi connectivity index (χ0v) is 24.7. The number of H-pyrrole nitrogens is 1. The standard InChI is InChI=1S/C33H33N7O6/c34-27-26-22(17-37-28(26)40-33(35)39-27)8-3-5-18-10-12-19(13-11-18)29(41)38-25(32(45)46)9-4-14-36-30(42)23-15-20-6-1-2-7-21(20)16-24(23)31(43)44/h1-2,6-7,10-13,15-17,25H,3-5,8-9,14H2,(H,36,42)(H,38,41)(H,43,44)(H,45,46)(H5,34,35,37,39,40)/t25-/m0/s1. The number of nitrogens with zero attached hydrogens (tertiary/aromatic N) is 2. The molecule has 0 aliphatic heterocycles. The van der Waals surface area contributed by atoms with E-state index < -0.39 is 29.8 Å². The summed E-state index contributed by atoms with van der Waals surface area (Å²) in [5, 5.41) is 26.6. The van der Waals surface area contributed by atoms with Gasteiger partial charge in [-0.3, -0.25) is 9.59 Å². The van der Waals surface area contributed by atoms with Gasteiger partial charge in [-0.1, -0.05) is 36.4 Å². The van der Waals surface area contributed by atoms with Crippen LogP contribution < -0.4 is 22.1 Å². The second-order valence-electron chi connectivity index (χ2n) is 10.9. The molecule has 9 N–H and O–H groups in total. The Morgan fingerprint density at radius 2 is 1.54 bits per heavy atom. The van der Waals surface area contributed by atoms with E-state index in [0.717, 1.165) is 41.2 Å². The van der Waals surface area contributed by atoms with Crippen LogP contribution in [0.3, 0.4) is 0 Å². The van der Waals surface area contributed by atoms with E-state index in [-0.39, 0.29) is 36.5 Å². The van der Waals surface area contributed by atoms with E-state index in [0.29, 0.717) is 22.4 Å². The van der Waals surface area contributed by atoms with Gasteiger partial charge in [-0.05, 0) is 78.3 Å². The lowest BCUT2D eigenvalue weighted by Crippen LogP contribution is -2.41. The number of carbonyl (C=O) groups is 4. The summed E-state index contributed by atoms with van der Waals surface area (Å²) in [4.78, 5) is 60.5. The van der Waals surface area contributed by atoms with Crippen LogP contribution in [0.2, 0.25) is 0 Å². The van der Waals surface area contributed by atoms with Crippen LogP contribution in [0.5, 0.6) is 0 Å². The third-order valence-corrected chi connectivity index (χ3v) is 7.71. The molecule has 5 aromatic rings. The quantitative estimate of drug-likeness (QED) is 0.0944. The van der Waals surface area contributed by atoms with Crippen LogP contribution in [-0.4, -0.2) is 61.5 Å². The number of fused-ring (bicyclic) bond motifs is 2. The van der Waals surface area contributed by atoms with Crippen LogP contribution in [0.15, 0.2) is 66.9 Å². The molecule has 5 rings (SSSR count). The number of rotatable bonds is 13. The molecule has 0 bridgehead atoms. The summed E-state index contributed by atoms with van der Waals surface area (Å²) in [6.45, 7) is 0.0886. The predicted octanol–water partition coefficient (Wildman–Crippen LogP) is 3.54. The highest BCUT2D eigenvalue weighted by molar-refractivity contribution is 6.08. The van der Waals surface area contributed by atoms with Crippen LogP contribution >= 0.6 is 0 Å². The van der Waals surface area contributed by atoms with Gasteiger partial charge < -0.3 is 37.3 Å². The fourth-order valence-electron chi connectivity index (χ4n) is 5.36. The first-order valence-electron chi connectivity index (χ1n) is 14.7. The first-order valence-corrected chi connectivity index (χ1v) is 14.7. The minimum absolute atomic E-state index is 0.0144. The molecular weight excluding hydrogens is 590 g/mol. The summed E-state index contributed by atoms with van der Waals surface area (Å²) in [5.74, 6) is -3.10. The van der Waals surface area contributed by atoms with Crippen molar-refractivity contribution in [3.8, 4) is 0 Å². The second kappa shape index (κ2) is 13.8. The molecule has 0 aliphatic rings. The number of anilines is 2. The fraction of sp³-hybridized carbons (Fsp3) is 0.212. The van der Waals surface area contributed by atoms with Crippen LogP contribution in [0, 0.1) is 0 Å². The summed E-state index contributed by atoms with van der Waals surface area (Å²) < 4.78 is 0. The Morgan fingerprint density at radius 1 is 0.848 bits per heavy atom. The molecule has 0 fully saturated rings. The first-order chi connectivity index (χ1) is 22.1. The molecule has 13 nitrogen and oxygen atoms in total. The molecule has 1 atom stereocenters. The van der Waals surface area contributed by atoms with E-state index in [1.54, 1.807) is 36.4 Å². The molecule has 0 saturated carbocycles. The number of benzene rings is 3. The average molecular weight is 624 g/mol. The molecule has 236 valence electrons. The number of nitrogens with two attached hydrogens (primary N) is 2. The number of aromatic carboxylic acids is 1. The number of amides is 2. The summed E-state index contributed by atoms with van der Waals surface area (Å²) >= 11 is 0. The zero-order valence-electron chi connectivity index (χ0n) is 24.7. The Bertz CT molecular complexity index is 1940. The zero-order chi connectivity index (χ0) is 32.8. The van der Waals surface area contributed by atoms with Gasteiger partial charge in [-0.2, -0.15) is 9.97 Å². The number of hydrogen-bond acceptors (Lipinski definition) is 8. The van der Waals surface area contributed by atoms with Crippen LogP contribution in [-0.2, 0) is 17.6 Å². The van der Waals surface area contributed by atoms with Gasteiger partial charge in [0.2, 0.25) is 5.95 Å². The summed E-state index contributed by atoms with van der Waals surface area (Å²) in [7, 11) is 0. The molecule has 13 heteroatoms. The normalized spacial score (nSPS) is 11.7. The Kier molecular flexibility index (Phi) is 9.41. The Labute approximate surface area is 263 Å². The molecule has 46 heavy (non-hydrogen) atoms. The molecule has 2 amide bonds. The summed E-state index contributed by atoms with van der Waals surface area (Å²) in [6, 6.07) is 15.8. The topological polar surface area (TPSA) is 226 Å². The highest BCUT2D eigenvalue weighted by atomic mass is 16.4. The molecule has 2 aromatic heterocycles. The Hall–Kier alpha value is -5.98. The minimum Gasteiger partial charge on any atom is -0.480 e. The number of carboxylic acids is 2. The Balaban J connectivity index is 1.10. The van der Waals surface area contributed by atoms with Gasteiger partial charge in [0, 0.05) is 18.3 Å². The number of hydrogen-bond donors (Lipinski definition) is 7. The SMILES string of the molecule is Nc1nc(N)c2c(CCCc3ccc(C(=O)N[C@@H](CCCNC(=O)c4cc5ccccc5cc4C(=O)O)C(=O)O)cc3)c[nH]c2n1. The van der Waals surface area contributed by atoms with E-state index in [1.165, 1.54) is 12.1 Å². The number of carbonyl (C=O) groups excluding carboxylic acids is 2. The van der Waals surface area contributed by atoms with Gasteiger partial charge in [-0.15, -0.1) is 0 Å². The van der Waals surface area contributed by atoms with Gasteiger partial charge >= 0.3 is 11.9 Å². The number of nitrogens with one attached hydrogen (secondary N) is 3. The van der Waals surface area contributed by atoms with Gasteiger partial charge in [0.05, 0.1) is 16.5 Å². The molecule has 2 heterocycles. The van der Waals surface area contributed by atoms with Crippen molar-refractivity contribution in [3.05, 3.63) is 94.7 Å². The van der Waals surface area contributed by atoms with Gasteiger partial charge in [0.15, 0.2) is 0 Å². The van der Waals surface area contributed by atoms with E-state index >= 15 is 0 Å². The van der Waals surface area contributed by atoms with E-state index in [4.69, 9.17) is 11.5 Å². The van der Waals surface area contributed by atoms with Gasteiger partial charge in [-0.25, -0.2) is 9.59 Å². The highest BCUT2D eigenvalue weighted by Gasteiger charge is 2.22. The van der Waals surface area contributed by atoms with Crippen LogP contribution in [0.25, 0.3) is 21.8 Å². The molecular formula is C33H33N7O6. The summed E-state index contributed by atoms with van der Waals surface area (Å²) in [6.07, 6.45) is 4.40. The first kappa shape index (κ1) is 31.4. The number of aliphatic carboxylic acids is 1. The molecule has 0 spiro atoms. The smallest absolute Gasteiger partial charge is 0.336 e. The molecule has 0 radical (unpaired) electrons. The molecule has 3 aromatic carbocycles. The fourth-order valence-corrected chi connectivity index (χ4v) is 5.36. The second-order valence-corrected chi connectivity index (χ2v) is 10.9. The van der Waals surface area contributed by atoms with Crippen molar-refractivity contribution in [2.24, 2.45) is 0 Å². The minimum atomic E-state index is -1.23. The monoisotopic (exact) mass is 623 g/mol. The maximum Gasteiger partial charge on any atom is 0.336 e. The highest BCUT2D eigenvalue weighted by Crippen LogP contribution is 2.24. The van der Waals surface area contributed by atoms with Crippen LogP contribution in [0.4, 0.5) is 11.8 Å². The number of aryl methyl sites for hydroxylation is 2. The summed E-state index contributed by atoms with van der Waals surface area (Å²) in [5.41, 5.74) is 14.5. The number of nitrogen functional groups attached to an aromatic ring is 2. The van der Waals surface area contributed by atoms with E-state index in [2.05, 4.69) is 25.6 Å². The van der Waals surface area contributed by atoms with Crippen molar-refractivity contribution in [2.45, 2.75) is 38.1 Å².